The number of quaternary nitrogens is 1. The third kappa shape index (κ3) is 4.93. The molecule has 0 amide bonds. The van der Waals surface area contributed by atoms with Crippen molar-refractivity contribution in [1.82, 2.24) is 5.43 Å². The molecule has 0 saturated carbocycles. The average molecular weight is 307 g/mol. The van der Waals surface area contributed by atoms with E-state index in [1.54, 1.807) is 0 Å². The Morgan fingerprint density at radius 2 is 1.57 bits per heavy atom. The maximum atomic E-state index is 3.47. The Labute approximate surface area is 104 Å². The maximum Gasteiger partial charge on any atom is 0.0853 e. The fourth-order valence-corrected chi connectivity index (χ4v) is 1.40. The molecule has 14 heavy (non-hydrogen) atoms. The largest absolute Gasteiger partial charge is 0.252 e. The zero-order valence-electron chi connectivity index (χ0n) is 9.32. The smallest absolute Gasteiger partial charge is 0.0853 e. The van der Waals surface area contributed by atoms with Crippen molar-refractivity contribution in [3.63, 3.8) is 0 Å². The number of nitrogens with zero attached hydrogens (tertiary/aromatic N) is 1. The molecule has 0 aliphatic rings. The molecule has 0 radical (unpaired) electrons. The van der Waals surface area contributed by atoms with Gasteiger partial charge in [0, 0.05) is 0 Å². The minimum atomic E-state index is 0. The predicted octanol–water partition coefficient (Wildman–Crippen LogP) is 2.58. The van der Waals surface area contributed by atoms with Crippen LogP contribution in [0, 0.1) is 0 Å². The minimum absolute atomic E-state index is 0. The molecule has 0 aromatic heterocycles. The minimum Gasteiger partial charge on any atom is -0.252 e. The number of halogens is 1. The van der Waals surface area contributed by atoms with E-state index in [4.69, 9.17) is 0 Å². The van der Waals surface area contributed by atoms with Crippen LogP contribution in [0.25, 0.3) is 0 Å². The molecule has 2 nitrogen and oxygen atoms in total. The van der Waals surface area contributed by atoms with Gasteiger partial charge in [0.15, 0.2) is 0 Å². The van der Waals surface area contributed by atoms with Gasteiger partial charge in [0.05, 0.1) is 27.2 Å². The van der Waals surface area contributed by atoms with E-state index in [9.17, 15) is 0 Å². The van der Waals surface area contributed by atoms with Crippen LogP contribution in [0.1, 0.15) is 18.5 Å². The first-order chi connectivity index (χ1) is 5.99. The topological polar surface area (TPSA) is 12.0 Å². The fraction of sp³-hybridized carbons (Fsp3) is 0.455. The van der Waals surface area contributed by atoms with Crippen LogP contribution in [0.15, 0.2) is 30.3 Å². The van der Waals surface area contributed by atoms with Crippen LogP contribution in [0.2, 0.25) is 0 Å². The van der Waals surface area contributed by atoms with Crippen LogP contribution in [-0.2, 0) is 0 Å². The summed E-state index contributed by atoms with van der Waals surface area (Å²) in [6.45, 7) is 2.18. The summed E-state index contributed by atoms with van der Waals surface area (Å²) in [5, 5.41) is 0. The lowest BCUT2D eigenvalue weighted by atomic mass is 10.1. The zero-order valence-corrected chi connectivity index (χ0v) is 11.6. The first-order valence-electron chi connectivity index (χ1n) is 4.63. The summed E-state index contributed by atoms with van der Waals surface area (Å²) in [6, 6.07) is 10.9. The highest BCUT2D eigenvalue weighted by Gasteiger charge is 2.13. The highest BCUT2D eigenvalue weighted by Crippen LogP contribution is 2.11. The molecule has 1 rings (SSSR count). The van der Waals surface area contributed by atoms with Gasteiger partial charge >= 0.3 is 0 Å². The van der Waals surface area contributed by atoms with Crippen LogP contribution in [0.5, 0.6) is 0 Å². The lowest BCUT2D eigenvalue weighted by molar-refractivity contribution is -0.919. The van der Waals surface area contributed by atoms with E-state index in [0.717, 1.165) is 4.59 Å². The quantitative estimate of drug-likeness (QED) is 0.514. The maximum absolute atomic E-state index is 3.47. The summed E-state index contributed by atoms with van der Waals surface area (Å²) >= 11 is 0. The molecule has 0 saturated heterocycles. The van der Waals surface area contributed by atoms with Gasteiger partial charge in [-0.2, -0.15) is 5.43 Å². The van der Waals surface area contributed by atoms with Gasteiger partial charge < -0.3 is 0 Å². The molecule has 0 aliphatic heterocycles. The molecule has 0 spiro atoms. The molecule has 1 aromatic rings. The van der Waals surface area contributed by atoms with Gasteiger partial charge in [0.2, 0.25) is 0 Å². The predicted molar refractivity (Wildman–Crippen MR) is 71.4 cm³/mol. The fourth-order valence-electron chi connectivity index (χ4n) is 1.40. The van der Waals surface area contributed by atoms with Crippen molar-refractivity contribution >= 4 is 24.0 Å². The Bertz CT molecular complexity index is 254. The SMILES string of the molecule is CC(N[N+](C)(C)C)c1ccccc1.I. The second kappa shape index (κ2) is 5.68. The van der Waals surface area contributed by atoms with Crippen LogP contribution >= 0.6 is 24.0 Å². The Hall–Kier alpha value is -0.130. The summed E-state index contributed by atoms with van der Waals surface area (Å²) in [4.78, 5) is 0. The highest BCUT2D eigenvalue weighted by atomic mass is 127. The second-order valence-corrected chi connectivity index (χ2v) is 4.27. The molecule has 1 N–H and O–H groups in total. The third-order valence-corrected chi connectivity index (χ3v) is 1.88. The van der Waals surface area contributed by atoms with Crippen molar-refractivity contribution in [3.05, 3.63) is 35.9 Å². The number of nitrogens with one attached hydrogen (secondary N) is 1. The van der Waals surface area contributed by atoms with E-state index < -0.39 is 0 Å². The van der Waals surface area contributed by atoms with Gasteiger partial charge in [0.25, 0.3) is 0 Å². The standard InChI is InChI=1S/C11H19N2.HI/c1-10(12-13(2,3)4)11-8-6-5-7-9-11;/h5-10,12H,1-4H3;1H/q+1;. The Morgan fingerprint density at radius 3 is 2.00 bits per heavy atom. The van der Waals surface area contributed by atoms with Crippen LogP contribution < -0.4 is 5.43 Å². The molecule has 80 valence electrons. The molecule has 0 heterocycles. The van der Waals surface area contributed by atoms with E-state index >= 15 is 0 Å². The summed E-state index contributed by atoms with van der Waals surface area (Å²) in [6.07, 6.45) is 0. The molecule has 1 unspecified atom stereocenters. The van der Waals surface area contributed by atoms with Crippen LogP contribution in [0.4, 0.5) is 0 Å². The van der Waals surface area contributed by atoms with Crippen LogP contribution in [0.3, 0.4) is 0 Å². The van der Waals surface area contributed by atoms with Crippen molar-refractivity contribution < 1.29 is 4.59 Å². The average Bonchev–Trinajstić information content (AvgIpc) is 2.03. The molecular weight excluding hydrogens is 287 g/mol. The van der Waals surface area contributed by atoms with Crippen LogP contribution in [-0.4, -0.2) is 25.7 Å². The summed E-state index contributed by atoms with van der Waals surface area (Å²) in [5.74, 6) is 0. The van der Waals surface area contributed by atoms with E-state index in [0.29, 0.717) is 6.04 Å². The third-order valence-electron chi connectivity index (χ3n) is 1.88. The lowest BCUT2D eigenvalue weighted by Crippen LogP contribution is -2.48. The van der Waals surface area contributed by atoms with Crippen molar-refractivity contribution in [1.29, 1.82) is 0 Å². The van der Waals surface area contributed by atoms with E-state index in [2.05, 4.69) is 57.8 Å². The molecule has 3 heteroatoms. The molecule has 0 bridgehead atoms. The molecule has 0 aliphatic carbocycles. The zero-order chi connectivity index (χ0) is 9.90. The molecule has 1 aromatic carbocycles. The molecule has 0 fully saturated rings. The van der Waals surface area contributed by atoms with Crippen molar-refractivity contribution in [2.45, 2.75) is 13.0 Å². The number of benzene rings is 1. The highest BCUT2D eigenvalue weighted by molar-refractivity contribution is 14.0. The molecular formula is C11H20IN2+. The van der Waals surface area contributed by atoms with Crippen molar-refractivity contribution in [3.8, 4) is 0 Å². The summed E-state index contributed by atoms with van der Waals surface area (Å²) < 4.78 is 0.774. The van der Waals surface area contributed by atoms with Gasteiger partial charge in [-0.15, -0.1) is 24.0 Å². The molecule has 1 atom stereocenters. The van der Waals surface area contributed by atoms with E-state index in [1.165, 1.54) is 5.56 Å². The number of hydrogen-bond acceptors (Lipinski definition) is 1. The van der Waals surface area contributed by atoms with E-state index in [-0.39, 0.29) is 24.0 Å². The second-order valence-electron chi connectivity index (χ2n) is 4.27. The first kappa shape index (κ1) is 13.9. The Morgan fingerprint density at radius 1 is 1.07 bits per heavy atom. The van der Waals surface area contributed by atoms with Gasteiger partial charge in [0.1, 0.15) is 0 Å². The van der Waals surface area contributed by atoms with Gasteiger partial charge in [-0.25, -0.2) is 0 Å². The normalized spacial score (nSPS) is 13.1. The Kier molecular flexibility index (Phi) is 5.63. The Balaban J connectivity index is 0.00000169. The van der Waals surface area contributed by atoms with Gasteiger partial charge in [-0.3, -0.25) is 4.59 Å². The van der Waals surface area contributed by atoms with Gasteiger partial charge in [-0.05, 0) is 12.5 Å². The number of rotatable bonds is 3. The first-order valence-corrected chi connectivity index (χ1v) is 4.63. The monoisotopic (exact) mass is 307 g/mol. The summed E-state index contributed by atoms with van der Waals surface area (Å²) in [7, 11) is 6.37. The lowest BCUT2D eigenvalue weighted by Gasteiger charge is -2.28. The van der Waals surface area contributed by atoms with Crippen molar-refractivity contribution in [2.24, 2.45) is 0 Å². The number of hydrogen-bond donors (Lipinski definition) is 1. The van der Waals surface area contributed by atoms with Crippen molar-refractivity contribution in [2.75, 3.05) is 21.1 Å². The van der Waals surface area contributed by atoms with Gasteiger partial charge in [-0.1, -0.05) is 30.3 Å². The summed E-state index contributed by atoms with van der Waals surface area (Å²) in [5.41, 5.74) is 4.80. The van der Waals surface area contributed by atoms with E-state index in [1.807, 2.05) is 6.07 Å².